The largest absolute Gasteiger partial charge is 0.445 e. The Balaban J connectivity index is 2.13. The van der Waals surface area contributed by atoms with Crippen molar-refractivity contribution in [3.05, 3.63) is 51.1 Å². The third-order valence-electron chi connectivity index (χ3n) is 5.07. The Morgan fingerprint density at radius 1 is 1.29 bits per heavy atom. The number of carbonyl (C=O) groups excluding carboxylic acids is 2. The molecule has 0 aliphatic heterocycles. The van der Waals surface area contributed by atoms with Gasteiger partial charge < -0.3 is 4.74 Å². The lowest BCUT2D eigenvalue weighted by Crippen LogP contribution is -2.44. The number of ketones is 1. The van der Waals surface area contributed by atoms with Gasteiger partial charge >= 0.3 is 5.97 Å². The molecular weight excluding hydrogens is 310 g/mol. The smallest absolute Gasteiger partial charge is 0.304 e. The molecule has 1 fully saturated rings. The van der Waals surface area contributed by atoms with Crippen LogP contribution in [0.1, 0.15) is 45.1 Å². The first-order valence-corrected chi connectivity index (χ1v) is 8.07. The van der Waals surface area contributed by atoms with E-state index in [2.05, 4.69) is 0 Å². The summed E-state index contributed by atoms with van der Waals surface area (Å²) in [5.74, 6) is -0.904. The van der Waals surface area contributed by atoms with Gasteiger partial charge in [-0.05, 0) is 43.9 Å². The van der Waals surface area contributed by atoms with Crippen molar-refractivity contribution >= 4 is 17.4 Å². The fraction of sp³-hybridized carbons (Fsp3) is 0.444. The predicted molar refractivity (Wildman–Crippen MR) is 86.2 cm³/mol. The van der Waals surface area contributed by atoms with Crippen LogP contribution in [0.5, 0.6) is 0 Å². The Bertz CT molecular complexity index is 749. The van der Waals surface area contributed by atoms with E-state index < -0.39 is 16.5 Å². The lowest BCUT2D eigenvalue weighted by molar-refractivity contribution is -0.384. The van der Waals surface area contributed by atoms with E-state index in [1.165, 1.54) is 31.2 Å². The highest BCUT2D eigenvalue weighted by Crippen LogP contribution is 2.53. The molecule has 1 aromatic carbocycles. The van der Waals surface area contributed by atoms with Crippen molar-refractivity contribution in [3.63, 3.8) is 0 Å². The Morgan fingerprint density at radius 2 is 1.96 bits per heavy atom. The van der Waals surface area contributed by atoms with Crippen LogP contribution in [0.2, 0.25) is 0 Å². The van der Waals surface area contributed by atoms with Gasteiger partial charge in [0.15, 0.2) is 0 Å². The van der Waals surface area contributed by atoms with Crippen molar-refractivity contribution in [3.8, 4) is 0 Å². The molecule has 0 unspecified atom stereocenters. The fourth-order valence-electron chi connectivity index (χ4n) is 4.06. The quantitative estimate of drug-likeness (QED) is 0.481. The summed E-state index contributed by atoms with van der Waals surface area (Å²) in [5.41, 5.74) is 0.802. The standard InChI is InChI=1S/C18H19NO5/c1-11-15-5-3-4-6-16(15)18(17(11)21,24-12(2)20)13-7-9-14(10-8-13)19(22)23/h7-10,16H,3-6H2,1-2H3/t16-,18+/m1/s1. The van der Waals surface area contributed by atoms with Gasteiger partial charge in [-0.3, -0.25) is 19.7 Å². The first-order chi connectivity index (χ1) is 11.4. The minimum atomic E-state index is -1.37. The van der Waals surface area contributed by atoms with E-state index in [1.807, 2.05) is 0 Å². The summed E-state index contributed by atoms with van der Waals surface area (Å²) in [6, 6.07) is 5.77. The first kappa shape index (κ1) is 16.4. The third-order valence-corrected chi connectivity index (χ3v) is 5.07. The molecule has 126 valence electrons. The summed E-state index contributed by atoms with van der Waals surface area (Å²) >= 11 is 0. The van der Waals surface area contributed by atoms with E-state index >= 15 is 0 Å². The molecule has 1 saturated carbocycles. The van der Waals surface area contributed by atoms with E-state index in [0.29, 0.717) is 11.1 Å². The summed E-state index contributed by atoms with van der Waals surface area (Å²) in [7, 11) is 0. The van der Waals surface area contributed by atoms with Gasteiger partial charge in [0.1, 0.15) is 0 Å². The summed E-state index contributed by atoms with van der Waals surface area (Å²) in [5, 5.41) is 10.9. The number of esters is 1. The van der Waals surface area contributed by atoms with Crippen LogP contribution in [0.25, 0.3) is 0 Å². The number of benzene rings is 1. The van der Waals surface area contributed by atoms with Crippen molar-refractivity contribution < 1.29 is 19.2 Å². The van der Waals surface area contributed by atoms with E-state index in [9.17, 15) is 19.7 Å². The van der Waals surface area contributed by atoms with Gasteiger partial charge in [-0.25, -0.2) is 0 Å². The molecule has 0 heterocycles. The number of hydrogen-bond donors (Lipinski definition) is 0. The zero-order valence-corrected chi connectivity index (χ0v) is 13.7. The predicted octanol–water partition coefficient (Wildman–Crippen LogP) is 3.44. The molecule has 2 atom stereocenters. The average Bonchev–Trinajstić information content (AvgIpc) is 2.78. The van der Waals surface area contributed by atoms with Crippen LogP contribution in [0, 0.1) is 16.0 Å². The highest BCUT2D eigenvalue weighted by atomic mass is 16.6. The van der Waals surface area contributed by atoms with Crippen molar-refractivity contribution in [2.45, 2.75) is 45.1 Å². The zero-order chi connectivity index (χ0) is 17.5. The molecule has 1 aromatic rings. The molecule has 6 nitrogen and oxygen atoms in total. The van der Waals surface area contributed by atoms with Crippen LogP contribution >= 0.6 is 0 Å². The van der Waals surface area contributed by atoms with Crippen LogP contribution in [0.4, 0.5) is 5.69 Å². The molecule has 0 amide bonds. The molecule has 2 aliphatic rings. The second kappa shape index (κ2) is 5.85. The molecule has 3 rings (SSSR count). The SMILES string of the molecule is CC(=O)O[C@]1(c2ccc([N+](=O)[O-])cc2)C(=O)C(C)=C2CCCC[C@H]21. The lowest BCUT2D eigenvalue weighted by atomic mass is 9.74. The highest BCUT2D eigenvalue weighted by molar-refractivity contribution is 6.07. The number of non-ortho nitro benzene ring substituents is 1. The Hall–Kier alpha value is -2.50. The van der Waals surface area contributed by atoms with Crippen molar-refractivity contribution in [1.82, 2.24) is 0 Å². The maximum Gasteiger partial charge on any atom is 0.304 e. The number of nitro benzene ring substituents is 1. The lowest BCUT2D eigenvalue weighted by Gasteiger charge is -2.37. The second-order valence-electron chi connectivity index (χ2n) is 6.41. The Kier molecular flexibility index (Phi) is 3.99. The van der Waals surface area contributed by atoms with Crippen molar-refractivity contribution in [2.75, 3.05) is 0 Å². The first-order valence-electron chi connectivity index (χ1n) is 8.07. The van der Waals surface area contributed by atoms with Gasteiger partial charge in [-0.1, -0.05) is 12.0 Å². The van der Waals surface area contributed by atoms with Crippen LogP contribution < -0.4 is 0 Å². The van der Waals surface area contributed by atoms with Crippen LogP contribution in [-0.4, -0.2) is 16.7 Å². The topological polar surface area (TPSA) is 86.5 Å². The summed E-state index contributed by atoms with van der Waals surface area (Å²) < 4.78 is 5.64. The molecule has 6 heteroatoms. The fourth-order valence-corrected chi connectivity index (χ4v) is 4.06. The van der Waals surface area contributed by atoms with E-state index in [1.54, 1.807) is 6.92 Å². The minimum Gasteiger partial charge on any atom is -0.445 e. The maximum absolute atomic E-state index is 13.1. The third kappa shape index (κ3) is 2.33. The van der Waals surface area contributed by atoms with Crippen LogP contribution in [0.3, 0.4) is 0 Å². The number of nitrogens with zero attached hydrogens (tertiary/aromatic N) is 1. The number of fused-ring (bicyclic) bond motifs is 1. The van der Waals surface area contributed by atoms with E-state index in [-0.39, 0.29) is 17.4 Å². The van der Waals surface area contributed by atoms with Gasteiger partial charge in [0.05, 0.1) is 4.92 Å². The average molecular weight is 329 g/mol. The Morgan fingerprint density at radius 3 is 2.54 bits per heavy atom. The minimum absolute atomic E-state index is 0.0595. The van der Waals surface area contributed by atoms with Crippen LogP contribution in [0.15, 0.2) is 35.4 Å². The summed E-state index contributed by atoms with van der Waals surface area (Å²) in [6.45, 7) is 3.07. The molecule has 0 radical (unpaired) electrons. The van der Waals surface area contributed by atoms with E-state index in [0.717, 1.165) is 31.3 Å². The van der Waals surface area contributed by atoms with E-state index in [4.69, 9.17) is 4.74 Å². The zero-order valence-electron chi connectivity index (χ0n) is 13.7. The molecule has 0 saturated heterocycles. The number of ether oxygens (including phenoxy) is 1. The Labute approximate surface area is 139 Å². The molecule has 2 aliphatic carbocycles. The normalized spacial score (nSPS) is 26.2. The number of nitro groups is 1. The van der Waals surface area contributed by atoms with Crippen LogP contribution in [-0.2, 0) is 19.9 Å². The van der Waals surface area contributed by atoms with Gasteiger partial charge in [-0.2, -0.15) is 0 Å². The number of Topliss-reactive ketones (excluding diaryl/α,β-unsaturated/α-hetero) is 1. The number of hydrogen-bond acceptors (Lipinski definition) is 5. The van der Waals surface area contributed by atoms with Crippen molar-refractivity contribution in [2.24, 2.45) is 5.92 Å². The van der Waals surface area contributed by atoms with Gasteiger partial charge in [0.25, 0.3) is 5.69 Å². The molecule has 0 bridgehead atoms. The van der Waals surface area contributed by atoms with Gasteiger partial charge in [-0.15, -0.1) is 0 Å². The number of carbonyl (C=O) groups is 2. The second-order valence-corrected chi connectivity index (χ2v) is 6.41. The molecule has 0 aromatic heterocycles. The molecule has 0 N–H and O–H groups in total. The highest BCUT2D eigenvalue weighted by Gasteiger charge is 2.57. The monoisotopic (exact) mass is 329 g/mol. The summed E-state index contributed by atoms with van der Waals surface area (Å²) in [4.78, 5) is 35.2. The number of rotatable bonds is 3. The molecular formula is C18H19NO5. The van der Waals surface area contributed by atoms with Crippen molar-refractivity contribution in [1.29, 1.82) is 0 Å². The summed E-state index contributed by atoms with van der Waals surface area (Å²) in [6.07, 6.45) is 3.58. The molecule has 0 spiro atoms. The van der Waals surface area contributed by atoms with Gasteiger partial charge in [0, 0.05) is 30.5 Å². The maximum atomic E-state index is 13.1. The molecule has 24 heavy (non-hydrogen) atoms. The van der Waals surface area contributed by atoms with Gasteiger partial charge in [0.2, 0.25) is 11.4 Å².